The van der Waals surface area contributed by atoms with Gasteiger partial charge in [0.15, 0.2) is 0 Å². The third-order valence-electron chi connectivity index (χ3n) is 2.63. The maximum Gasteiger partial charge on any atom is 0.245 e. The molecule has 0 fully saturated rings. The summed E-state index contributed by atoms with van der Waals surface area (Å²) in [4.78, 5) is 11.6. The van der Waals surface area contributed by atoms with Gasteiger partial charge < -0.3 is 5.32 Å². The number of amides is 1. The summed E-state index contributed by atoms with van der Waals surface area (Å²) in [6.07, 6.45) is 1.51. The predicted octanol–water partition coefficient (Wildman–Crippen LogP) is 2.31. The summed E-state index contributed by atoms with van der Waals surface area (Å²) in [7, 11) is -3.89. The molecular weight excluding hydrogens is 335 g/mol. The van der Waals surface area contributed by atoms with Crippen molar-refractivity contribution in [3.63, 3.8) is 0 Å². The van der Waals surface area contributed by atoms with Crippen LogP contribution in [0.2, 0.25) is 10.0 Å². The highest BCUT2D eigenvalue weighted by Crippen LogP contribution is 2.27. The Hall–Kier alpha value is -1.08. The molecule has 0 aliphatic heterocycles. The van der Waals surface area contributed by atoms with Gasteiger partial charge in [-0.2, -0.15) is 4.31 Å². The van der Waals surface area contributed by atoms with Gasteiger partial charge in [0.1, 0.15) is 4.90 Å². The molecule has 0 aliphatic rings. The molecule has 0 saturated carbocycles. The van der Waals surface area contributed by atoms with E-state index in [2.05, 4.69) is 11.9 Å². The highest BCUT2D eigenvalue weighted by atomic mass is 35.5. The molecule has 5 nitrogen and oxygen atoms in total. The summed E-state index contributed by atoms with van der Waals surface area (Å²) in [5.74, 6) is -0.418. The zero-order valence-corrected chi connectivity index (χ0v) is 13.8. The number of carbonyl (C=O) groups excluding carboxylic acids is 1. The molecule has 1 N–H and O–H groups in total. The van der Waals surface area contributed by atoms with E-state index < -0.39 is 15.9 Å². The minimum Gasteiger partial charge on any atom is -0.351 e. The van der Waals surface area contributed by atoms with Crippen LogP contribution >= 0.6 is 23.2 Å². The Balaban J connectivity index is 3.05. The van der Waals surface area contributed by atoms with E-state index in [4.69, 9.17) is 23.2 Å². The van der Waals surface area contributed by atoms with Crippen molar-refractivity contribution in [2.75, 3.05) is 19.6 Å². The number of hydrogen-bond donors (Lipinski definition) is 1. The molecule has 0 bridgehead atoms. The van der Waals surface area contributed by atoms with Crippen LogP contribution in [0.5, 0.6) is 0 Å². The van der Waals surface area contributed by atoms with Crippen molar-refractivity contribution < 1.29 is 13.2 Å². The van der Waals surface area contributed by atoms with E-state index >= 15 is 0 Å². The monoisotopic (exact) mass is 350 g/mol. The summed E-state index contributed by atoms with van der Waals surface area (Å²) in [6, 6.07) is 4.17. The fraction of sp³-hybridized carbons (Fsp3) is 0.308. The molecule has 8 heteroatoms. The van der Waals surface area contributed by atoms with Gasteiger partial charge in [0.05, 0.1) is 11.6 Å². The molecule has 1 aromatic rings. The number of benzene rings is 1. The van der Waals surface area contributed by atoms with Crippen molar-refractivity contribution in [3.05, 3.63) is 40.9 Å². The summed E-state index contributed by atoms with van der Waals surface area (Å²) in [6.45, 7) is 5.21. The van der Waals surface area contributed by atoms with E-state index in [9.17, 15) is 13.2 Å². The average molecular weight is 351 g/mol. The first-order valence-electron chi connectivity index (χ1n) is 6.15. The second-order valence-corrected chi connectivity index (χ2v) is 6.85. The van der Waals surface area contributed by atoms with Crippen LogP contribution in [0.4, 0.5) is 0 Å². The third-order valence-corrected chi connectivity index (χ3v) is 5.26. The summed E-state index contributed by atoms with van der Waals surface area (Å²) >= 11 is 11.7. The molecule has 0 unspecified atom stereocenters. The van der Waals surface area contributed by atoms with E-state index in [1.807, 2.05) is 0 Å². The molecule has 1 rings (SSSR count). The van der Waals surface area contributed by atoms with Gasteiger partial charge in [-0.3, -0.25) is 4.79 Å². The zero-order chi connectivity index (χ0) is 16.0. The third kappa shape index (κ3) is 4.71. The fourth-order valence-electron chi connectivity index (χ4n) is 1.58. The van der Waals surface area contributed by atoms with Crippen molar-refractivity contribution >= 4 is 39.1 Å². The van der Waals surface area contributed by atoms with Crippen LogP contribution in [-0.2, 0) is 14.8 Å². The lowest BCUT2D eigenvalue weighted by Gasteiger charge is -2.20. The average Bonchev–Trinajstić information content (AvgIpc) is 2.44. The van der Waals surface area contributed by atoms with Gasteiger partial charge in [-0.25, -0.2) is 8.42 Å². The minimum atomic E-state index is -3.89. The molecule has 0 spiro atoms. The molecule has 0 radical (unpaired) electrons. The Morgan fingerprint density at radius 2 is 2.10 bits per heavy atom. The zero-order valence-electron chi connectivity index (χ0n) is 11.5. The first-order valence-corrected chi connectivity index (χ1v) is 8.35. The lowest BCUT2D eigenvalue weighted by molar-refractivity contribution is -0.121. The van der Waals surface area contributed by atoms with Gasteiger partial charge in [-0.1, -0.05) is 36.2 Å². The maximum atomic E-state index is 12.5. The summed E-state index contributed by atoms with van der Waals surface area (Å²) in [5, 5.41) is 2.84. The molecule has 0 heterocycles. The molecule has 1 amide bonds. The van der Waals surface area contributed by atoms with Crippen LogP contribution in [-0.4, -0.2) is 38.3 Å². The van der Waals surface area contributed by atoms with Gasteiger partial charge in [0.25, 0.3) is 0 Å². The maximum absolute atomic E-state index is 12.5. The Morgan fingerprint density at radius 1 is 1.43 bits per heavy atom. The Bertz CT molecular complexity index is 632. The normalized spacial score (nSPS) is 11.4. The second-order valence-electron chi connectivity index (χ2n) is 4.10. The van der Waals surface area contributed by atoms with Crippen LogP contribution in [0.25, 0.3) is 0 Å². The van der Waals surface area contributed by atoms with E-state index in [1.165, 1.54) is 24.3 Å². The Morgan fingerprint density at radius 3 is 2.67 bits per heavy atom. The van der Waals surface area contributed by atoms with Crippen LogP contribution in [0.15, 0.2) is 35.7 Å². The molecule has 1 aromatic carbocycles. The largest absolute Gasteiger partial charge is 0.351 e. The quantitative estimate of drug-likeness (QED) is 0.767. The summed E-state index contributed by atoms with van der Waals surface area (Å²) in [5.41, 5.74) is 0. The van der Waals surface area contributed by atoms with Crippen molar-refractivity contribution in [3.8, 4) is 0 Å². The van der Waals surface area contributed by atoms with Crippen molar-refractivity contribution in [2.45, 2.75) is 11.8 Å². The molecular formula is C13H16Cl2N2O3S. The predicted molar refractivity (Wildman–Crippen MR) is 84.1 cm³/mol. The van der Waals surface area contributed by atoms with Gasteiger partial charge in [-0.05, 0) is 18.2 Å². The first kappa shape index (κ1) is 18.0. The highest BCUT2D eigenvalue weighted by Gasteiger charge is 2.27. The van der Waals surface area contributed by atoms with Crippen LogP contribution < -0.4 is 5.32 Å². The number of sulfonamides is 1. The van der Waals surface area contributed by atoms with Crippen LogP contribution in [0.3, 0.4) is 0 Å². The number of rotatable bonds is 7. The van der Waals surface area contributed by atoms with Crippen molar-refractivity contribution in [2.24, 2.45) is 0 Å². The van der Waals surface area contributed by atoms with Gasteiger partial charge >= 0.3 is 0 Å². The second kappa shape index (κ2) is 7.79. The molecule has 0 saturated heterocycles. The topological polar surface area (TPSA) is 66.5 Å². The van der Waals surface area contributed by atoms with E-state index in [0.29, 0.717) is 0 Å². The first-order chi connectivity index (χ1) is 9.82. The Kier molecular flexibility index (Phi) is 6.67. The van der Waals surface area contributed by atoms with E-state index in [1.54, 1.807) is 6.92 Å². The van der Waals surface area contributed by atoms with E-state index in [0.717, 1.165) is 4.31 Å². The molecule has 21 heavy (non-hydrogen) atoms. The summed E-state index contributed by atoms with van der Waals surface area (Å²) < 4.78 is 26.1. The number of likely N-dealkylation sites (N-methyl/N-ethyl adjacent to an activating group) is 1. The van der Waals surface area contributed by atoms with Gasteiger partial charge in [0, 0.05) is 18.1 Å². The molecule has 0 aliphatic carbocycles. The SMILES string of the molecule is C=CCNC(=O)CN(CC)S(=O)(=O)c1cc(Cl)ccc1Cl. The van der Waals surface area contributed by atoms with Crippen LogP contribution in [0.1, 0.15) is 6.92 Å². The molecule has 0 atom stereocenters. The number of halogens is 2. The molecule has 0 aromatic heterocycles. The van der Waals surface area contributed by atoms with Gasteiger partial charge in [0.2, 0.25) is 15.9 Å². The Labute approximate surface area is 134 Å². The lowest BCUT2D eigenvalue weighted by atomic mass is 10.4. The van der Waals surface area contributed by atoms with Crippen molar-refractivity contribution in [1.29, 1.82) is 0 Å². The van der Waals surface area contributed by atoms with Gasteiger partial charge in [-0.15, -0.1) is 6.58 Å². The molecule has 116 valence electrons. The standard InChI is InChI=1S/C13H16Cl2N2O3S/c1-3-7-16-13(18)9-17(4-2)21(19,20)12-8-10(14)5-6-11(12)15/h3,5-6,8H,1,4,7,9H2,2H3,(H,16,18). The lowest BCUT2D eigenvalue weighted by Crippen LogP contribution is -2.40. The van der Waals surface area contributed by atoms with E-state index in [-0.39, 0.29) is 34.6 Å². The minimum absolute atomic E-state index is 0.0596. The smallest absolute Gasteiger partial charge is 0.245 e. The number of hydrogen-bond acceptors (Lipinski definition) is 3. The van der Waals surface area contributed by atoms with Crippen LogP contribution in [0, 0.1) is 0 Å². The fourth-order valence-corrected chi connectivity index (χ4v) is 3.73. The number of nitrogens with zero attached hydrogens (tertiary/aromatic N) is 1. The highest BCUT2D eigenvalue weighted by molar-refractivity contribution is 7.89. The van der Waals surface area contributed by atoms with Crippen molar-refractivity contribution in [1.82, 2.24) is 9.62 Å². The number of carbonyl (C=O) groups is 1. The number of nitrogens with one attached hydrogen (secondary N) is 1.